The molecule has 3 heterocycles. The summed E-state index contributed by atoms with van der Waals surface area (Å²) in [5.74, 6) is 0. The van der Waals surface area contributed by atoms with Crippen molar-refractivity contribution in [2.45, 2.75) is 0 Å². The van der Waals surface area contributed by atoms with Crippen molar-refractivity contribution in [2.24, 2.45) is 0 Å². The van der Waals surface area contributed by atoms with Crippen LogP contribution in [0.2, 0.25) is 0 Å². The maximum absolute atomic E-state index is 6.55. The van der Waals surface area contributed by atoms with Crippen molar-refractivity contribution < 1.29 is 4.42 Å². The summed E-state index contributed by atoms with van der Waals surface area (Å²) in [7, 11) is 0. The quantitative estimate of drug-likeness (QED) is 0.198. The second kappa shape index (κ2) is 8.74. The van der Waals surface area contributed by atoms with Gasteiger partial charge in [0.2, 0.25) is 0 Å². The van der Waals surface area contributed by atoms with Gasteiger partial charge in [-0.2, -0.15) is 0 Å². The number of nitrogens with zero attached hydrogens (tertiary/aromatic N) is 1. The number of furan rings is 1. The molecule has 0 bridgehead atoms. The van der Waals surface area contributed by atoms with E-state index in [0.29, 0.717) is 0 Å². The van der Waals surface area contributed by atoms with Crippen molar-refractivity contribution in [3.8, 4) is 22.3 Å². The van der Waals surface area contributed by atoms with Crippen LogP contribution in [-0.4, -0.2) is 4.40 Å². The van der Waals surface area contributed by atoms with Crippen molar-refractivity contribution in [2.75, 3.05) is 0 Å². The maximum atomic E-state index is 6.55. The Morgan fingerprint density at radius 1 is 0.348 bits per heavy atom. The van der Waals surface area contributed by atoms with Gasteiger partial charge in [0, 0.05) is 32.3 Å². The molecule has 212 valence electrons. The molecule has 8 aromatic carbocycles. The molecule has 0 radical (unpaired) electrons. The van der Waals surface area contributed by atoms with E-state index in [9.17, 15) is 0 Å². The second-order valence-corrected chi connectivity index (χ2v) is 12.5. The lowest BCUT2D eigenvalue weighted by Gasteiger charge is -2.07. The van der Waals surface area contributed by atoms with Gasteiger partial charge in [0.1, 0.15) is 11.2 Å². The van der Waals surface area contributed by atoms with Crippen molar-refractivity contribution in [3.05, 3.63) is 152 Å². The van der Waals surface area contributed by atoms with Crippen LogP contribution in [0.5, 0.6) is 0 Å². The predicted molar refractivity (Wildman–Crippen MR) is 194 cm³/mol. The maximum Gasteiger partial charge on any atom is 0.136 e. The third-order valence-corrected chi connectivity index (χ3v) is 10.0. The summed E-state index contributed by atoms with van der Waals surface area (Å²) in [5, 5.41) is 12.3. The molecule has 0 unspecified atom stereocenters. The van der Waals surface area contributed by atoms with E-state index in [2.05, 4.69) is 156 Å². The first-order valence-corrected chi connectivity index (χ1v) is 15.8. The first-order valence-electron chi connectivity index (χ1n) is 15.8. The average molecular weight is 584 g/mol. The van der Waals surface area contributed by atoms with Crippen LogP contribution < -0.4 is 0 Å². The first kappa shape index (κ1) is 24.2. The summed E-state index contributed by atoms with van der Waals surface area (Å²) in [6.45, 7) is 0. The van der Waals surface area contributed by atoms with E-state index in [1.807, 2.05) is 0 Å². The monoisotopic (exact) mass is 583 g/mol. The summed E-state index contributed by atoms with van der Waals surface area (Å²) in [4.78, 5) is 0. The topological polar surface area (TPSA) is 17.6 Å². The standard InChI is InChI=1S/C44H25NO/c1-3-9-26(10-4-1)28-15-17-30-21-35-36-25-41-42(34-13-7-8-14-40(34)46-41)43-37-22-31-18-16-29(27-11-5-2-6-12-27)20-33(31)24-39(37)45(44(36)43)38(35)23-32(30)19-28/h1-25H. The molecule has 11 rings (SSSR count). The molecule has 0 saturated heterocycles. The Balaban J connectivity index is 1.31. The van der Waals surface area contributed by atoms with Crippen LogP contribution in [0.3, 0.4) is 0 Å². The van der Waals surface area contributed by atoms with E-state index in [1.165, 1.54) is 87.3 Å². The SMILES string of the molecule is c1ccc(-c2ccc3cc4c5cc6oc7ccccc7c6c6c7cc8ccc(-c9ccccc9)cc8cc7n(c4cc3c2)c56)cc1. The number of fused-ring (bicyclic) bond motifs is 12. The fourth-order valence-corrected chi connectivity index (χ4v) is 7.92. The van der Waals surface area contributed by atoms with Gasteiger partial charge in [-0.1, -0.05) is 103 Å². The minimum absolute atomic E-state index is 0.929. The van der Waals surface area contributed by atoms with Gasteiger partial charge < -0.3 is 8.82 Å². The van der Waals surface area contributed by atoms with E-state index in [4.69, 9.17) is 4.42 Å². The summed E-state index contributed by atoms with van der Waals surface area (Å²) in [6.07, 6.45) is 0. The molecule has 0 N–H and O–H groups in total. The molecule has 0 atom stereocenters. The Kier molecular flexibility index (Phi) is 4.61. The van der Waals surface area contributed by atoms with Crippen molar-refractivity contribution in [1.82, 2.24) is 4.40 Å². The minimum atomic E-state index is 0.929. The van der Waals surface area contributed by atoms with Crippen LogP contribution in [0, 0.1) is 0 Å². The van der Waals surface area contributed by atoms with E-state index < -0.39 is 0 Å². The molecule has 0 fully saturated rings. The number of hydrogen-bond donors (Lipinski definition) is 0. The lowest BCUT2D eigenvalue weighted by Crippen LogP contribution is -1.84. The van der Waals surface area contributed by atoms with E-state index in [-0.39, 0.29) is 0 Å². The highest BCUT2D eigenvalue weighted by atomic mass is 16.3. The minimum Gasteiger partial charge on any atom is -0.456 e. The number of rotatable bonds is 2. The Hall–Kier alpha value is -6.12. The number of hydrogen-bond acceptors (Lipinski definition) is 1. The molecule has 0 saturated carbocycles. The highest BCUT2D eigenvalue weighted by Crippen LogP contribution is 2.47. The van der Waals surface area contributed by atoms with Gasteiger partial charge >= 0.3 is 0 Å². The van der Waals surface area contributed by atoms with Crippen LogP contribution >= 0.6 is 0 Å². The Bertz CT molecular complexity index is 3000. The molecule has 3 aromatic heterocycles. The number of aromatic nitrogens is 1. The molecule has 0 aliphatic rings. The second-order valence-electron chi connectivity index (χ2n) is 12.5. The highest BCUT2D eigenvalue weighted by molar-refractivity contribution is 6.36. The lowest BCUT2D eigenvalue weighted by atomic mass is 9.97. The molecule has 0 amide bonds. The van der Waals surface area contributed by atoms with Crippen molar-refractivity contribution >= 4 is 81.6 Å². The van der Waals surface area contributed by atoms with Crippen molar-refractivity contribution in [1.29, 1.82) is 0 Å². The van der Waals surface area contributed by atoms with Gasteiger partial charge in [-0.05, 0) is 92.3 Å². The number of para-hydroxylation sites is 1. The molecule has 2 heteroatoms. The molecule has 46 heavy (non-hydrogen) atoms. The molecule has 0 spiro atoms. The lowest BCUT2D eigenvalue weighted by molar-refractivity contribution is 0.669. The summed E-state index contributed by atoms with van der Waals surface area (Å²) >= 11 is 0. The summed E-state index contributed by atoms with van der Waals surface area (Å²) < 4.78 is 9.07. The van der Waals surface area contributed by atoms with Crippen LogP contribution in [0.25, 0.3) is 104 Å². The fourth-order valence-electron chi connectivity index (χ4n) is 7.92. The predicted octanol–water partition coefficient (Wildman–Crippen LogP) is 12.4. The van der Waals surface area contributed by atoms with Gasteiger partial charge in [0.05, 0.1) is 16.6 Å². The largest absolute Gasteiger partial charge is 0.456 e. The van der Waals surface area contributed by atoms with Crippen LogP contribution in [0.15, 0.2) is 156 Å². The van der Waals surface area contributed by atoms with Gasteiger partial charge in [0.15, 0.2) is 0 Å². The van der Waals surface area contributed by atoms with Gasteiger partial charge in [-0.25, -0.2) is 0 Å². The van der Waals surface area contributed by atoms with E-state index >= 15 is 0 Å². The molecular weight excluding hydrogens is 558 g/mol. The zero-order chi connectivity index (χ0) is 29.9. The summed E-state index contributed by atoms with van der Waals surface area (Å²) in [6, 6.07) is 55.3. The van der Waals surface area contributed by atoms with Gasteiger partial charge in [0.25, 0.3) is 0 Å². The van der Waals surface area contributed by atoms with Gasteiger partial charge in [-0.15, -0.1) is 0 Å². The zero-order valence-corrected chi connectivity index (χ0v) is 24.8. The highest BCUT2D eigenvalue weighted by Gasteiger charge is 2.23. The fraction of sp³-hybridized carbons (Fsp3) is 0. The van der Waals surface area contributed by atoms with Crippen LogP contribution in [0.4, 0.5) is 0 Å². The smallest absolute Gasteiger partial charge is 0.136 e. The van der Waals surface area contributed by atoms with Crippen molar-refractivity contribution in [3.63, 3.8) is 0 Å². The van der Waals surface area contributed by atoms with Crippen LogP contribution in [-0.2, 0) is 0 Å². The van der Waals surface area contributed by atoms with Gasteiger partial charge in [-0.3, -0.25) is 0 Å². The Labute approximate surface area is 263 Å². The van der Waals surface area contributed by atoms with E-state index in [1.54, 1.807) is 0 Å². The Morgan fingerprint density at radius 3 is 1.61 bits per heavy atom. The van der Waals surface area contributed by atoms with Crippen LogP contribution in [0.1, 0.15) is 0 Å². The Morgan fingerprint density at radius 2 is 0.935 bits per heavy atom. The third kappa shape index (κ3) is 3.20. The number of benzene rings is 8. The summed E-state index contributed by atoms with van der Waals surface area (Å²) in [5.41, 5.74) is 10.5. The first-order chi connectivity index (χ1) is 22.8. The van der Waals surface area contributed by atoms with E-state index in [0.717, 1.165) is 16.6 Å². The molecule has 0 aliphatic heterocycles. The normalized spacial score (nSPS) is 12.3. The molecule has 0 aliphatic carbocycles. The molecule has 2 nitrogen and oxygen atoms in total. The third-order valence-electron chi connectivity index (χ3n) is 10.0. The molecule has 11 aromatic rings. The zero-order valence-electron chi connectivity index (χ0n) is 24.8. The molecular formula is C44H25NO. The average Bonchev–Trinajstić information content (AvgIpc) is 3.75.